The van der Waals surface area contributed by atoms with Gasteiger partial charge in [-0.3, -0.25) is 0 Å². The third-order valence-corrected chi connectivity index (χ3v) is 4.58. The van der Waals surface area contributed by atoms with Crippen molar-refractivity contribution >= 4 is 11.4 Å². The Bertz CT molecular complexity index is 460. The topological polar surface area (TPSA) is 24.5 Å². The molecule has 2 heterocycles. The van der Waals surface area contributed by atoms with Gasteiger partial charge in [-0.15, -0.1) is 0 Å². The Morgan fingerprint density at radius 3 is 2.84 bits per heavy atom. The van der Waals surface area contributed by atoms with E-state index in [9.17, 15) is 0 Å². The van der Waals surface area contributed by atoms with Crippen LogP contribution in [0.5, 0.6) is 0 Å². The molecule has 1 aromatic rings. The van der Waals surface area contributed by atoms with Crippen molar-refractivity contribution in [1.29, 1.82) is 0 Å². The van der Waals surface area contributed by atoms with E-state index in [1.54, 1.807) is 0 Å². The first-order chi connectivity index (χ1) is 9.15. The molecule has 1 aromatic carbocycles. The van der Waals surface area contributed by atoms with E-state index < -0.39 is 0 Å². The number of nitrogens with zero attached hydrogens (tertiary/aromatic N) is 1. The lowest BCUT2D eigenvalue weighted by Crippen LogP contribution is -2.36. The van der Waals surface area contributed by atoms with Gasteiger partial charge in [-0.2, -0.15) is 0 Å². The van der Waals surface area contributed by atoms with Crippen LogP contribution >= 0.6 is 0 Å². The fraction of sp³-hybridized carbons (Fsp3) is 0.625. The van der Waals surface area contributed by atoms with Crippen molar-refractivity contribution in [3.05, 3.63) is 23.8 Å². The molecule has 3 atom stereocenters. The van der Waals surface area contributed by atoms with Crippen LogP contribution in [-0.2, 0) is 11.2 Å². The summed E-state index contributed by atoms with van der Waals surface area (Å²) < 4.78 is 5.68. The van der Waals surface area contributed by atoms with Crippen LogP contribution in [0.4, 0.5) is 11.4 Å². The number of rotatable bonds is 2. The Kier molecular flexibility index (Phi) is 3.40. The first-order valence-corrected chi connectivity index (χ1v) is 7.39. The number of fused-ring (bicyclic) bond motifs is 1. The van der Waals surface area contributed by atoms with Crippen LogP contribution in [-0.4, -0.2) is 31.8 Å². The zero-order valence-corrected chi connectivity index (χ0v) is 12.1. The average molecular weight is 260 g/mol. The Morgan fingerprint density at radius 2 is 2.11 bits per heavy atom. The van der Waals surface area contributed by atoms with Gasteiger partial charge in [0.1, 0.15) is 0 Å². The summed E-state index contributed by atoms with van der Waals surface area (Å²) in [5.41, 5.74) is 4.08. The lowest BCUT2D eigenvalue weighted by atomic mass is 9.98. The highest BCUT2D eigenvalue weighted by Gasteiger charge is 2.28. The maximum atomic E-state index is 5.68. The minimum absolute atomic E-state index is 0.333. The van der Waals surface area contributed by atoms with E-state index in [1.165, 1.54) is 29.8 Å². The maximum Gasteiger partial charge on any atom is 0.0750 e. The molecule has 3 nitrogen and oxygen atoms in total. The zero-order chi connectivity index (χ0) is 13.4. The number of hydrogen-bond donors (Lipinski definition) is 1. The molecule has 3 rings (SSSR count). The predicted molar refractivity (Wildman–Crippen MR) is 80.1 cm³/mol. The van der Waals surface area contributed by atoms with Crippen molar-refractivity contribution in [3.8, 4) is 0 Å². The van der Waals surface area contributed by atoms with Crippen LogP contribution in [0.25, 0.3) is 0 Å². The number of aryl methyl sites for hydroxylation is 1. The van der Waals surface area contributed by atoms with Gasteiger partial charge in [0.15, 0.2) is 0 Å². The van der Waals surface area contributed by atoms with Gasteiger partial charge in [-0.05, 0) is 56.9 Å². The van der Waals surface area contributed by atoms with Crippen molar-refractivity contribution in [2.24, 2.45) is 0 Å². The lowest BCUT2D eigenvalue weighted by molar-refractivity contribution is 0.118. The molecule has 0 radical (unpaired) electrons. The largest absolute Gasteiger partial charge is 0.382 e. The second kappa shape index (κ2) is 5.04. The van der Waals surface area contributed by atoms with Gasteiger partial charge in [-0.25, -0.2) is 0 Å². The van der Waals surface area contributed by atoms with E-state index in [0.29, 0.717) is 18.2 Å². The maximum absolute atomic E-state index is 5.68. The van der Waals surface area contributed by atoms with Gasteiger partial charge in [0.25, 0.3) is 0 Å². The van der Waals surface area contributed by atoms with Crippen molar-refractivity contribution < 1.29 is 4.74 Å². The van der Waals surface area contributed by atoms with E-state index in [0.717, 1.165) is 13.0 Å². The minimum Gasteiger partial charge on any atom is -0.382 e. The van der Waals surface area contributed by atoms with Crippen LogP contribution in [0, 0.1) is 0 Å². The van der Waals surface area contributed by atoms with Crippen LogP contribution in [0.15, 0.2) is 18.2 Å². The van der Waals surface area contributed by atoms with Gasteiger partial charge >= 0.3 is 0 Å². The van der Waals surface area contributed by atoms with E-state index in [2.05, 4.69) is 49.3 Å². The predicted octanol–water partition coefficient (Wildman–Crippen LogP) is 3.05. The smallest absolute Gasteiger partial charge is 0.0750 e. The second-order valence-electron chi connectivity index (χ2n) is 5.97. The van der Waals surface area contributed by atoms with E-state index in [1.807, 2.05) is 0 Å². The highest BCUT2D eigenvalue weighted by molar-refractivity contribution is 5.62. The molecule has 1 saturated heterocycles. The molecule has 104 valence electrons. The molecule has 2 aliphatic heterocycles. The standard InChI is InChI=1S/C16H24N2O/c1-11-4-5-13-10-14(6-7-15(13)17-11)18(3)16-8-9-19-12(16)2/h6-7,10-12,16-17H,4-5,8-9H2,1-3H3. The fourth-order valence-corrected chi connectivity index (χ4v) is 3.28. The molecule has 1 N–H and O–H groups in total. The van der Waals surface area contributed by atoms with Gasteiger partial charge in [0.05, 0.1) is 12.1 Å². The molecule has 1 fully saturated rings. The highest BCUT2D eigenvalue weighted by Crippen LogP contribution is 2.31. The van der Waals surface area contributed by atoms with Crippen molar-refractivity contribution in [1.82, 2.24) is 0 Å². The van der Waals surface area contributed by atoms with Gasteiger partial charge < -0.3 is 15.0 Å². The molecule has 0 bridgehead atoms. The summed E-state index contributed by atoms with van der Waals surface area (Å²) in [5, 5.41) is 3.56. The normalized spacial score (nSPS) is 29.7. The van der Waals surface area contributed by atoms with Crippen molar-refractivity contribution in [2.45, 2.75) is 51.3 Å². The Hall–Kier alpha value is -1.22. The molecule has 3 heteroatoms. The summed E-state index contributed by atoms with van der Waals surface area (Å²) in [6.07, 6.45) is 3.87. The molecule has 3 unspecified atom stereocenters. The molecule has 2 aliphatic rings. The minimum atomic E-state index is 0.333. The summed E-state index contributed by atoms with van der Waals surface area (Å²) in [4.78, 5) is 2.38. The number of nitrogens with one attached hydrogen (secondary N) is 1. The number of likely N-dealkylation sites (N-methyl/N-ethyl adjacent to an activating group) is 1. The first kappa shape index (κ1) is 12.8. The molecular weight excluding hydrogens is 236 g/mol. The SMILES string of the molecule is CC1CCc2cc(N(C)C3CCOC3C)ccc2N1. The van der Waals surface area contributed by atoms with Crippen LogP contribution in [0.3, 0.4) is 0 Å². The molecule has 0 aliphatic carbocycles. The first-order valence-electron chi connectivity index (χ1n) is 7.39. The zero-order valence-electron chi connectivity index (χ0n) is 12.1. The number of anilines is 2. The third-order valence-electron chi connectivity index (χ3n) is 4.58. The number of ether oxygens (including phenoxy) is 1. The van der Waals surface area contributed by atoms with E-state index in [4.69, 9.17) is 4.74 Å². The molecule has 19 heavy (non-hydrogen) atoms. The van der Waals surface area contributed by atoms with E-state index >= 15 is 0 Å². The number of benzene rings is 1. The third kappa shape index (κ3) is 2.44. The molecule has 0 amide bonds. The Morgan fingerprint density at radius 1 is 1.26 bits per heavy atom. The monoisotopic (exact) mass is 260 g/mol. The lowest BCUT2D eigenvalue weighted by Gasteiger charge is -2.31. The van der Waals surface area contributed by atoms with E-state index in [-0.39, 0.29) is 0 Å². The van der Waals surface area contributed by atoms with Gasteiger partial charge in [0.2, 0.25) is 0 Å². The summed E-state index contributed by atoms with van der Waals surface area (Å²) in [5.74, 6) is 0. The van der Waals surface area contributed by atoms with Crippen molar-refractivity contribution in [3.63, 3.8) is 0 Å². The molecule has 0 aromatic heterocycles. The Labute approximate surface area is 115 Å². The average Bonchev–Trinajstić information content (AvgIpc) is 2.83. The van der Waals surface area contributed by atoms with Gasteiger partial charge in [0, 0.05) is 31.1 Å². The summed E-state index contributed by atoms with van der Waals surface area (Å²) in [6.45, 7) is 5.32. The fourth-order valence-electron chi connectivity index (χ4n) is 3.28. The van der Waals surface area contributed by atoms with Crippen molar-refractivity contribution in [2.75, 3.05) is 23.9 Å². The molecular formula is C16H24N2O. The van der Waals surface area contributed by atoms with Crippen LogP contribution < -0.4 is 10.2 Å². The van der Waals surface area contributed by atoms with Crippen LogP contribution in [0.1, 0.15) is 32.3 Å². The summed E-state index contributed by atoms with van der Waals surface area (Å²) in [7, 11) is 2.19. The Balaban J connectivity index is 1.82. The van der Waals surface area contributed by atoms with Gasteiger partial charge in [-0.1, -0.05) is 0 Å². The summed E-state index contributed by atoms with van der Waals surface area (Å²) in [6, 6.07) is 7.92. The molecule has 0 saturated carbocycles. The quantitative estimate of drug-likeness (QED) is 0.884. The van der Waals surface area contributed by atoms with Crippen LogP contribution in [0.2, 0.25) is 0 Å². The summed E-state index contributed by atoms with van der Waals surface area (Å²) >= 11 is 0. The molecule has 0 spiro atoms. The second-order valence-corrected chi connectivity index (χ2v) is 5.97. The highest BCUT2D eigenvalue weighted by atomic mass is 16.5. The number of hydrogen-bond acceptors (Lipinski definition) is 3.